The molecule has 1 amide bonds. The molecule has 0 unspecified atom stereocenters. The van der Waals surface area contributed by atoms with Crippen molar-refractivity contribution in [3.05, 3.63) is 65.1 Å². The third-order valence-electron chi connectivity index (χ3n) is 7.53. The Labute approximate surface area is 223 Å². The number of alkyl halides is 1. The molecule has 2 heterocycles. The highest BCUT2D eigenvalue weighted by atomic mass is 19.2. The monoisotopic (exact) mass is 549 g/mol. The van der Waals surface area contributed by atoms with Gasteiger partial charge in [-0.2, -0.15) is 4.39 Å². The molecule has 0 bridgehead atoms. The van der Waals surface area contributed by atoms with Gasteiger partial charge >= 0.3 is 0 Å². The maximum absolute atomic E-state index is 15.8. The van der Waals surface area contributed by atoms with Crippen molar-refractivity contribution in [1.82, 2.24) is 15.4 Å². The van der Waals surface area contributed by atoms with Crippen molar-refractivity contribution in [2.24, 2.45) is 5.41 Å². The van der Waals surface area contributed by atoms with Crippen LogP contribution >= 0.6 is 0 Å². The second kappa shape index (κ2) is 12.2. The first-order chi connectivity index (χ1) is 18.7. The van der Waals surface area contributed by atoms with Crippen LogP contribution in [0.25, 0.3) is 10.9 Å². The summed E-state index contributed by atoms with van der Waals surface area (Å²) < 4.78 is 66.9. The van der Waals surface area contributed by atoms with Crippen LogP contribution in [0.2, 0.25) is 0 Å². The number of rotatable bonds is 10. The summed E-state index contributed by atoms with van der Waals surface area (Å²) in [6.45, 7) is 2.95. The van der Waals surface area contributed by atoms with Gasteiger partial charge in [-0.05, 0) is 75.0 Å². The minimum Gasteiger partial charge on any atom is -0.497 e. The van der Waals surface area contributed by atoms with E-state index in [1.54, 1.807) is 36.8 Å². The number of aromatic nitrogens is 1. The number of carbonyl (C=O) groups excluding carboxylic acids is 1. The number of methoxy groups -OCH3 is 1. The van der Waals surface area contributed by atoms with Crippen LogP contribution in [-0.4, -0.2) is 54.3 Å². The van der Waals surface area contributed by atoms with Crippen molar-refractivity contribution in [2.75, 3.05) is 33.4 Å². The van der Waals surface area contributed by atoms with E-state index >= 15 is 4.39 Å². The van der Waals surface area contributed by atoms with E-state index in [1.165, 1.54) is 7.11 Å². The van der Waals surface area contributed by atoms with Gasteiger partial charge in [0.05, 0.1) is 18.0 Å². The molecule has 1 fully saturated rings. The van der Waals surface area contributed by atoms with Gasteiger partial charge in [-0.25, -0.2) is 18.7 Å². The standard InChI is InChI=1S/C28H31F4N3O4/c1-17-16-33-23-4-3-19(38-2)15-20(23)25(17)21(30)5-6-28(27(36)34-37)7-9-35(10-8-28)11-12-39-24-14-18(29)13-22(31)26(24)32/h3-4,13-16,21,37H,5-12H2,1-2H3,(H,34,36)/t21-/m1/s1. The normalized spacial score (nSPS) is 16.2. The summed E-state index contributed by atoms with van der Waals surface area (Å²) in [5.41, 5.74) is 2.58. The minimum absolute atomic E-state index is 0.0244. The fourth-order valence-corrected chi connectivity index (χ4v) is 5.22. The predicted octanol–water partition coefficient (Wildman–Crippen LogP) is 5.43. The number of nitrogens with one attached hydrogen (secondary N) is 1. The lowest BCUT2D eigenvalue weighted by molar-refractivity contribution is -0.143. The van der Waals surface area contributed by atoms with Gasteiger partial charge in [-0.15, -0.1) is 0 Å². The molecule has 3 aromatic rings. The molecule has 1 saturated heterocycles. The Bertz CT molecular complexity index is 1330. The Morgan fingerprint density at radius 3 is 2.64 bits per heavy atom. The van der Waals surface area contributed by atoms with Crippen LogP contribution in [0.4, 0.5) is 17.6 Å². The Morgan fingerprint density at radius 2 is 1.95 bits per heavy atom. The van der Waals surface area contributed by atoms with Crippen LogP contribution in [0, 0.1) is 29.8 Å². The van der Waals surface area contributed by atoms with E-state index < -0.39 is 40.7 Å². The zero-order valence-electron chi connectivity index (χ0n) is 21.8. The first kappa shape index (κ1) is 28.6. The molecule has 1 aromatic heterocycles. The Hall–Kier alpha value is -3.44. The van der Waals surface area contributed by atoms with Crippen molar-refractivity contribution in [3.8, 4) is 11.5 Å². The predicted molar refractivity (Wildman–Crippen MR) is 136 cm³/mol. The van der Waals surface area contributed by atoms with E-state index in [0.717, 1.165) is 6.07 Å². The number of likely N-dealkylation sites (tertiary alicyclic amines) is 1. The summed E-state index contributed by atoms with van der Waals surface area (Å²) in [5.74, 6) is -4.03. The zero-order valence-corrected chi connectivity index (χ0v) is 21.8. The fraction of sp³-hybridized carbons (Fsp3) is 0.429. The van der Waals surface area contributed by atoms with Gasteiger partial charge in [0.1, 0.15) is 24.3 Å². The third-order valence-corrected chi connectivity index (χ3v) is 7.53. The number of halogens is 4. The van der Waals surface area contributed by atoms with Gasteiger partial charge in [0.2, 0.25) is 11.7 Å². The fourth-order valence-electron chi connectivity index (χ4n) is 5.22. The molecule has 4 rings (SSSR count). The van der Waals surface area contributed by atoms with E-state index in [2.05, 4.69) is 4.98 Å². The SMILES string of the molecule is COc1ccc2ncc(C)c([C@H](F)CCC3(C(=O)NO)CCN(CCOc4cc(F)cc(F)c4F)CC3)c2c1. The number of hydrogen-bond acceptors (Lipinski definition) is 6. The highest BCUT2D eigenvalue weighted by Crippen LogP contribution is 2.41. The van der Waals surface area contributed by atoms with E-state index in [9.17, 15) is 23.2 Å². The van der Waals surface area contributed by atoms with Gasteiger partial charge < -0.3 is 9.47 Å². The van der Waals surface area contributed by atoms with Crippen molar-refractivity contribution in [1.29, 1.82) is 0 Å². The van der Waals surface area contributed by atoms with E-state index in [1.807, 2.05) is 4.90 Å². The molecule has 0 aliphatic carbocycles. The molecular formula is C28H31F4N3O4. The highest BCUT2D eigenvalue weighted by molar-refractivity contribution is 5.85. The summed E-state index contributed by atoms with van der Waals surface area (Å²) in [4.78, 5) is 19.1. The number of piperidine rings is 1. The molecule has 7 nitrogen and oxygen atoms in total. The number of pyridine rings is 1. The first-order valence-corrected chi connectivity index (χ1v) is 12.7. The van der Waals surface area contributed by atoms with Gasteiger partial charge in [0.25, 0.3) is 0 Å². The molecule has 0 saturated carbocycles. The average Bonchev–Trinajstić information content (AvgIpc) is 2.94. The van der Waals surface area contributed by atoms with Crippen LogP contribution in [0.3, 0.4) is 0 Å². The zero-order chi connectivity index (χ0) is 28.2. The summed E-state index contributed by atoms with van der Waals surface area (Å²) in [6.07, 6.45) is 1.19. The number of aryl methyl sites for hydroxylation is 1. The summed E-state index contributed by atoms with van der Waals surface area (Å²) in [6, 6.07) is 6.49. The summed E-state index contributed by atoms with van der Waals surface area (Å²) >= 11 is 0. The Balaban J connectivity index is 1.40. The van der Waals surface area contributed by atoms with Gasteiger partial charge in [0.15, 0.2) is 11.6 Å². The highest BCUT2D eigenvalue weighted by Gasteiger charge is 2.41. The quantitative estimate of drug-likeness (QED) is 0.152. The molecule has 2 N–H and O–H groups in total. The van der Waals surface area contributed by atoms with Crippen molar-refractivity contribution in [3.63, 3.8) is 0 Å². The van der Waals surface area contributed by atoms with Gasteiger partial charge in [0, 0.05) is 30.3 Å². The first-order valence-electron chi connectivity index (χ1n) is 12.7. The lowest BCUT2D eigenvalue weighted by atomic mass is 9.73. The number of hydrogen-bond donors (Lipinski definition) is 2. The Kier molecular flexibility index (Phi) is 8.91. The molecule has 1 aliphatic heterocycles. The lowest BCUT2D eigenvalue weighted by Gasteiger charge is -2.40. The number of carbonyl (C=O) groups is 1. The topological polar surface area (TPSA) is 83.9 Å². The molecule has 11 heteroatoms. The third kappa shape index (κ3) is 6.25. The molecule has 0 radical (unpaired) electrons. The molecule has 39 heavy (non-hydrogen) atoms. The van der Waals surface area contributed by atoms with Gasteiger partial charge in [-0.3, -0.25) is 19.9 Å². The summed E-state index contributed by atoms with van der Waals surface area (Å²) in [7, 11) is 1.53. The van der Waals surface area contributed by atoms with E-state index in [-0.39, 0.29) is 19.4 Å². The second-order valence-electron chi connectivity index (χ2n) is 9.86. The molecule has 210 valence electrons. The van der Waals surface area contributed by atoms with Crippen LogP contribution in [-0.2, 0) is 4.79 Å². The Morgan fingerprint density at radius 1 is 1.21 bits per heavy atom. The number of ether oxygens (including phenoxy) is 2. The number of hydroxylamine groups is 1. The van der Waals surface area contributed by atoms with Crippen LogP contribution in [0.5, 0.6) is 11.5 Å². The van der Waals surface area contributed by atoms with Crippen molar-refractivity contribution >= 4 is 16.8 Å². The lowest BCUT2D eigenvalue weighted by Crippen LogP contribution is -2.49. The maximum Gasteiger partial charge on any atom is 0.249 e. The van der Waals surface area contributed by atoms with E-state index in [4.69, 9.17) is 9.47 Å². The number of benzene rings is 2. The molecule has 1 atom stereocenters. The van der Waals surface area contributed by atoms with E-state index in [0.29, 0.717) is 66.3 Å². The second-order valence-corrected chi connectivity index (χ2v) is 9.86. The van der Waals surface area contributed by atoms with Crippen LogP contribution < -0.4 is 15.0 Å². The van der Waals surface area contributed by atoms with Crippen molar-refractivity contribution in [2.45, 2.75) is 38.8 Å². The van der Waals surface area contributed by atoms with Gasteiger partial charge in [-0.1, -0.05) is 0 Å². The van der Waals surface area contributed by atoms with Crippen LogP contribution in [0.1, 0.15) is 43.0 Å². The average molecular weight is 550 g/mol. The molecule has 2 aromatic carbocycles. The van der Waals surface area contributed by atoms with Crippen molar-refractivity contribution < 1.29 is 37.0 Å². The molecule has 0 spiro atoms. The number of nitrogens with zero attached hydrogens (tertiary/aromatic N) is 2. The summed E-state index contributed by atoms with van der Waals surface area (Å²) in [5, 5.41) is 10.1. The maximum atomic E-state index is 15.8. The number of fused-ring (bicyclic) bond motifs is 1. The largest absolute Gasteiger partial charge is 0.497 e. The number of amides is 1. The molecular weight excluding hydrogens is 518 g/mol. The smallest absolute Gasteiger partial charge is 0.249 e. The van der Waals surface area contributed by atoms with Crippen LogP contribution in [0.15, 0.2) is 36.5 Å². The molecule has 1 aliphatic rings. The minimum atomic E-state index is -1.38.